The molecule has 0 spiro atoms. The van der Waals surface area contributed by atoms with Crippen molar-refractivity contribution in [1.29, 1.82) is 0 Å². The quantitative estimate of drug-likeness (QED) is 0.862. The Labute approximate surface area is 104 Å². The molecule has 1 aromatic carbocycles. The van der Waals surface area contributed by atoms with Crippen LogP contribution in [-0.2, 0) is 0 Å². The van der Waals surface area contributed by atoms with Gasteiger partial charge in [0.05, 0.1) is 7.11 Å². The van der Waals surface area contributed by atoms with Gasteiger partial charge < -0.3 is 10.1 Å². The van der Waals surface area contributed by atoms with Crippen LogP contribution in [0.4, 0.5) is 0 Å². The largest absolute Gasteiger partial charge is 0.497 e. The number of rotatable bonds is 4. The molecule has 1 saturated heterocycles. The van der Waals surface area contributed by atoms with Gasteiger partial charge in [0.1, 0.15) is 5.75 Å². The molecule has 2 heteroatoms. The molecular weight excluding hydrogens is 210 g/mol. The fraction of sp³-hybridized carbons (Fsp3) is 0.600. The van der Waals surface area contributed by atoms with Crippen LogP contribution in [0, 0.1) is 5.92 Å². The highest BCUT2D eigenvalue weighted by Crippen LogP contribution is 2.31. The maximum absolute atomic E-state index is 5.21. The Morgan fingerprint density at radius 1 is 1.29 bits per heavy atom. The van der Waals surface area contributed by atoms with Gasteiger partial charge in [0.25, 0.3) is 0 Å². The Balaban J connectivity index is 2.08. The summed E-state index contributed by atoms with van der Waals surface area (Å²) < 4.78 is 5.21. The van der Waals surface area contributed by atoms with Gasteiger partial charge in [0.2, 0.25) is 0 Å². The third-order valence-corrected chi connectivity index (χ3v) is 3.62. The number of benzene rings is 1. The molecule has 0 bridgehead atoms. The van der Waals surface area contributed by atoms with Crippen molar-refractivity contribution < 1.29 is 4.74 Å². The van der Waals surface area contributed by atoms with Gasteiger partial charge in [-0.3, -0.25) is 0 Å². The minimum absolute atomic E-state index is 0.642. The van der Waals surface area contributed by atoms with Crippen molar-refractivity contribution in [2.75, 3.05) is 13.7 Å². The minimum atomic E-state index is 0.642. The fourth-order valence-corrected chi connectivity index (χ4v) is 2.77. The lowest BCUT2D eigenvalue weighted by Gasteiger charge is -2.21. The van der Waals surface area contributed by atoms with Gasteiger partial charge in [-0.15, -0.1) is 0 Å². The summed E-state index contributed by atoms with van der Waals surface area (Å²) in [5.41, 5.74) is 1.45. The molecule has 2 unspecified atom stereocenters. The van der Waals surface area contributed by atoms with Gasteiger partial charge in [-0.05, 0) is 43.0 Å². The standard InChI is InChI=1S/C15H23NO/c1-11(2)10-15-14(8-9-16-15)12-4-6-13(17-3)7-5-12/h4-7,11,14-16H,8-10H2,1-3H3. The van der Waals surface area contributed by atoms with Crippen molar-refractivity contribution in [2.45, 2.75) is 38.6 Å². The Hall–Kier alpha value is -1.02. The van der Waals surface area contributed by atoms with E-state index in [1.165, 1.54) is 18.4 Å². The second kappa shape index (κ2) is 5.54. The smallest absolute Gasteiger partial charge is 0.118 e. The van der Waals surface area contributed by atoms with Crippen LogP contribution in [0.3, 0.4) is 0 Å². The van der Waals surface area contributed by atoms with Crippen LogP contribution in [0.15, 0.2) is 24.3 Å². The van der Waals surface area contributed by atoms with Gasteiger partial charge in [-0.25, -0.2) is 0 Å². The van der Waals surface area contributed by atoms with E-state index in [2.05, 4.69) is 43.4 Å². The highest BCUT2D eigenvalue weighted by atomic mass is 16.5. The average Bonchev–Trinajstić information content (AvgIpc) is 2.76. The molecule has 1 heterocycles. The predicted octanol–water partition coefficient (Wildman–Crippen LogP) is 3.19. The molecule has 2 rings (SSSR count). The van der Waals surface area contributed by atoms with E-state index in [9.17, 15) is 0 Å². The van der Waals surface area contributed by atoms with Crippen molar-refractivity contribution in [1.82, 2.24) is 5.32 Å². The number of ether oxygens (including phenoxy) is 1. The van der Waals surface area contributed by atoms with Crippen molar-refractivity contribution in [3.05, 3.63) is 29.8 Å². The summed E-state index contributed by atoms with van der Waals surface area (Å²) in [5, 5.41) is 3.63. The first-order chi connectivity index (χ1) is 8.20. The summed E-state index contributed by atoms with van der Waals surface area (Å²) in [6.45, 7) is 5.74. The third kappa shape index (κ3) is 3.01. The average molecular weight is 233 g/mol. The lowest BCUT2D eigenvalue weighted by Crippen LogP contribution is -2.27. The third-order valence-electron chi connectivity index (χ3n) is 3.62. The highest BCUT2D eigenvalue weighted by Gasteiger charge is 2.28. The monoisotopic (exact) mass is 233 g/mol. The Morgan fingerprint density at radius 2 is 2.00 bits per heavy atom. The molecule has 1 aliphatic heterocycles. The molecule has 17 heavy (non-hydrogen) atoms. The van der Waals surface area contributed by atoms with Crippen molar-refractivity contribution in [3.63, 3.8) is 0 Å². The summed E-state index contributed by atoms with van der Waals surface area (Å²) in [6, 6.07) is 9.21. The summed E-state index contributed by atoms with van der Waals surface area (Å²) in [4.78, 5) is 0. The van der Waals surface area contributed by atoms with Crippen molar-refractivity contribution in [3.8, 4) is 5.75 Å². The van der Waals surface area contributed by atoms with Gasteiger partial charge in [-0.1, -0.05) is 26.0 Å². The van der Waals surface area contributed by atoms with E-state index in [1.54, 1.807) is 7.11 Å². The topological polar surface area (TPSA) is 21.3 Å². The fourth-order valence-electron chi connectivity index (χ4n) is 2.77. The summed E-state index contributed by atoms with van der Waals surface area (Å²) >= 11 is 0. The minimum Gasteiger partial charge on any atom is -0.497 e. The zero-order chi connectivity index (χ0) is 12.3. The molecule has 0 amide bonds. The van der Waals surface area contributed by atoms with E-state index in [0.717, 1.165) is 18.2 Å². The zero-order valence-corrected chi connectivity index (χ0v) is 11.1. The SMILES string of the molecule is COc1ccc(C2CCNC2CC(C)C)cc1. The zero-order valence-electron chi connectivity index (χ0n) is 11.1. The number of hydrogen-bond acceptors (Lipinski definition) is 2. The molecule has 0 radical (unpaired) electrons. The molecule has 0 aromatic heterocycles. The van der Waals surface area contributed by atoms with E-state index >= 15 is 0 Å². The van der Waals surface area contributed by atoms with Crippen LogP contribution in [0.25, 0.3) is 0 Å². The molecule has 2 atom stereocenters. The second-order valence-electron chi connectivity index (χ2n) is 5.36. The van der Waals surface area contributed by atoms with E-state index in [4.69, 9.17) is 4.74 Å². The van der Waals surface area contributed by atoms with Gasteiger partial charge in [-0.2, -0.15) is 0 Å². The van der Waals surface area contributed by atoms with Gasteiger partial charge in [0, 0.05) is 12.0 Å². The Kier molecular flexibility index (Phi) is 4.06. The maximum atomic E-state index is 5.21. The first-order valence-corrected chi connectivity index (χ1v) is 6.58. The van der Waals surface area contributed by atoms with Gasteiger partial charge >= 0.3 is 0 Å². The molecule has 0 saturated carbocycles. The van der Waals surface area contributed by atoms with Crippen LogP contribution < -0.4 is 10.1 Å². The van der Waals surface area contributed by atoms with Crippen molar-refractivity contribution in [2.24, 2.45) is 5.92 Å². The normalized spacial score (nSPS) is 24.2. The lowest BCUT2D eigenvalue weighted by molar-refractivity contribution is 0.413. The summed E-state index contributed by atoms with van der Waals surface area (Å²) in [6.07, 6.45) is 2.51. The summed E-state index contributed by atoms with van der Waals surface area (Å²) in [7, 11) is 1.72. The number of nitrogens with one attached hydrogen (secondary N) is 1. The Morgan fingerprint density at radius 3 is 2.59 bits per heavy atom. The summed E-state index contributed by atoms with van der Waals surface area (Å²) in [5.74, 6) is 2.37. The van der Waals surface area contributed by atoms with Crippen LogP contribution in [0.5, 0.6) is 5.75 Å². The number of hydrogen-bond donors (Lipinski definition) is 1. The Bertz CT molecular complexity index is 344. The highest BCUT2D eigenvalue weighted by molar-refractivity contribution is 5.30. The molecule has 1 aliphatic rings. The molecule has 1 N–H and O–H groups in total. The van der Waals surface area contributed by atoms with E-state index < -0.39 is 0 Å². The first-order valence-electron chi connectivity index (χ1n) is 6.58. The molecular formula is C15H23NO. The molecule has 94 valence electrons. The van der Waals surface area contributed by atoms with Crippen molar-refractivity contribution >= 4 is 0 Å². The number of methoxy groups -OCH3 is 1. The molecule has 1 fully saturated rings. The first kappa shape index (κ1) is 12.4. The van der Waals surface area contributed by atoms with E-state index in [1.807, 2.05) is 0 Å². The van der Waals surface area contributed by atoms with E-state index in [-0.39, 0.29) is 0 Å². The van der Waals surface area contributed by atoms with Gasteiger partial charge in [0.15, 0.2) is 0 Å². The molecule has 1 aromatic rings. The molecule has 0 aliphatic carbocycles. The van der Waals surface area contributed by atoms with Crippen LogP contribution >= 0.6 is 0 Å². The lowest BCUT2D eigenvalue weighted by atomic mass is 9.87. The van der Waals surface area contributed by atoms with Crippen LogP contribution in [0.1, 0.15) is 38.2 Å². The van der Waals surface area contributed by atoms with Crippen LogP contribution in [0.2, 0.25) is 0 Å². The van der Waals surface area contributed by atoms with E-state index in [0.29, 0.717) is 12.0 Å². The second-order valence-corrected chi connectivity index (χ2v) is 5.36. The maximum Gasteiger partial charge on any atom is 0.118 e. The predicted molar refractivity (Wildman–Crippen MR) is 71.6 cm³/mol. The molecule has 2 nitrogen and oxygen atoms in total. The van der Waals surface area contributed by atoms with Crippen LogP contribution in [-0.4, -0.2) is 19.7 Å².